The lowest BCUT2D eigenvalue weighted by molar-refractivity contribution is -0.212. The van der Waals surface area contributed by atoms with Crippen LogP contribution < -0.4 is 0 Å². The van der Waals surface area contributed by atoms with Gasteiger partial charge in [-0.15, -0.1) is 0 Å². The van der Waals surface area contributed by atoms with E-state index >= 15 is 0 Å². The van der Waals surface area contributed by atoms with E-state index in [1.54, 1.807) is 24.8 Å². The molecule has 0 nitrogen and oxygen atoms in total. The second-order valence-electron chi connectivity index (χ2n) is 11.9. The minimum Gasteiger partial charge on any atom is -0.0619 e. The van der Waals surface area contributed by atoms with Crippen molar-refractivity contribution in [2.75, 3.05) is 0 Å². The van der Waals surface area contributed by atoms with E-state index in [0.29, 0.717) is 5.41 Å². The third-order valence-corrected chi connectivity index (χ3v) is 12.9. The molecule has 0 spiro atoms. The number of rotatable bonds is 4. The Morgan fingerprint density at radius 1 is 0.485 bits per heavy atom. The summed E-state index contributed by atoms with van der Waals surface area (Å²) < 4.78 is 0. The van der Waals surface area contributed by atoms with E-state index in [0.717, 1.165) is 41.4 Å². The normalized spacial score (nSPS) is 39.5. The van der Waals surface area contributed by atoms with Crippen molar-refractivity contribution >= 4 is 10.9 Å². The SMILES string of the molecule is c1ccc([S+](c2ccccc2)c2ccc(C34CC5C6CC7CC5C(C3)C(C7)C6C4)cc2)cc1. The molecule has 0 N–H and O–H groups in total. The highest BCUT2D eigenvalue weighted by atomic mass is 32.2. The standard InChI is InChI=1S/C32H33S/c1-3-7-23(8-4-1)33(24-9-5-2-6-10-24)25-13-11-22(12-14-25)32-18-29-26-15-21-16-27(29)31(20-32)28(17-21)30(26)19-32/h1-14,21,26-31H,15-20H2/q+1. The van der Waals surface area contributed by atoms with Crippen LogP contribution in [0.1, 0.15) is 44.1 Å². The van der Waals surface area contributed by atoms with Gasteiger partial charge in [0, 0.05) is 0 Å². The number of hydrogen-bond donors (Lipinski definition) is 0. The van der Waals surface area contributed by atoms with Gasteiger partial charge in [0.1, 0.15) is 0 Å². The Morgan fingerprint density at radius 3 is 1.36 bits per heavy atom. The summed E-state index contributed by atoms with van der Waals surface area (Å²) in [5, 5.41) is 0. The zero-order valence-electron chi connectivity index (χ0n) is 19.3. The molecule has 166 valence electrons. The molecule has 0 amide bonds. The summed E-state index contributed by atoms with van der Waals surface area (Å²) in [4.78, 5) is 4.29. The Labute approximate surface area is 201 Å². The van der Waals surface area contributed by atoms with Gasteiger partial charge in [-0.2, -0.15) is 0 Å². The van der Waals surface area contributed by atoms with E-state index in [-0.39, 0.29) is 10.9 Å². The van der Waals surface area contributed by atoms with Crippen molar-refractivity contribution < 1.29 is 0 Å². The average Bonchev–Trinajstić information content (AvgIpc) is 2.88. The van der Waals surface area contributed by atoms with Crippen molar-refractivity contribution in [3.63, 3.8) is 0 Å². The van der Waals surface area contributed by atoms with Crippen LogP contribution in [0, 0.1) is 41.4 Å². The third-order valence-electron chi connectivity index (χ3n) is 10.7. The van der Waals surface area contributed by atoms with Gasteiger partial charge in [0.2, 0.25) is 0 Å². The molecule has 0 aliphatic heterocycles. The summed E-state index contributed by atoms with van der Waals surface area (Å²) in [5.41, 5.74) is 2.16. The van der Waals surface area contributed by atoms with Crippen molar-refractivity contribution in [1.82, 2.24) is 0 Å². The highest BCUT2D eigenvalue weighted by Crippen LogP contribution is 2.74. The largest absolute Gasteiger partial charge is 0.166 e. The first kappa shape index (κ1) is 19.3. The van der Waals surface area contributed by atoms with Gasteiger partial charge in [-0.3, -0.25) is 0 Å². The van der Waals surface area contributed by atoms with Crippen LogP contribution in [0.15, 0.2) is 99.6 Å². The van der Waals surface area contributed by atoms with Gasteiger partial charge >= 0.3 is 0 Å². The quantitative estimate of drug-likeness (QED) is 0.357. The first-order chi connectivity index (χ1) is 16.3. The third kappa shape index (κ3) is 2.72. The van der Waals surface area contributed by atoms with Crippen LogP contribution in [0.2, 0.25) is 0 Å². The molecule has 0 saturated heterocycles. The summed E-state index contributed by atoms with van der Waals surface area (Å²) >= 11 is 0. The topological polar surface area (TPSA) is 0 Å². The first-order valence-corrected chi connectivity index (χ1v) is 14.5. The zero-order chi connectivity index (χ0) is 21.6. The van der Waals surface area contributed by atoms with Gasteiger partial charge in [-0.05, 0) is 127 Å². The van der Waals surface area contributed by atoms with Crippen LogP contribution in [-0.2, 0) is 16.3 Å². The Hall–Kier alpha value is -1.99. The number of hydrogen-bond acceptors (Lipinski definition) is 0. The fourth-order valence-electron chi connectivity index (χ4n) is 9.73. The van der Waals surface area contributed by atoms with Gasteiger partial charge in [-0.1, -0.05) is 48.5 Å². The molecule has 0 aromatic heterocycles. The van der Waals surface area contributed by atoms with E-state index in [1.165, 1.54) is 33.9 Å². The maximum absolute atomic E-state index is 2.55. The van der Waals surface area contributed by atoms with E-state index in [9.17, 15) is 0 Å². The molecule has 7 aliphatic carbocycles. The fraction of sp³-hybridized carbons (Fsp3) is 0.438. The molecule has 10 rings (SSSR count). The molecule has 7 fully saturated rings. The van der Waals surface area contributed by atoms with Crippen LogP contribution in [0.4, 0.5) is 0 Å². The van der Waals surface area contributed by atoms with Crippen molar-refractivity contribution in [1.29, 1.82) is 0 Å². The molecule has 8 bridgehead atoms. The summed E-state index contributed by atoms with van der Waals surface area (Å²) in [6, 6.07) is 32.3. The molecule has 0 unspecified atom stereocenters. The Kier molecular flexibility index (Phi) is 4.11. The van der Waals surface area contributed by atoms with E-state index in [2.05, 4.69) is 84.9 Å². The molecule has 1 heteroatoms. The highest BCUT2D eigenvalue weighted by Gasteiger charge is 2.67. The fourth-order valence-corrected chi connectivity index (χ4v) is 11.8. The Morgan fingerprint density at radius 2 is 0.909 bits per heavy atom. The van der Waals surface area contributed by atoms with Gasteiger partial charge in [0.05, 0.1) is 10.9 Å². The molecule has 0 radical (unpaired) electrons. The predicted octanol–water partition coefficient (Wildman–Crippen LogP) is 7.74. The van der Waals surface area contributed by atoms with Crippen LogP contribution in [-0.4, -0.2) is 0 Å². The molecule has 3 aromatic rings. The lowest BCUT2D eigenvalue weighted by atomic mass is 9.32. The minimum absolute atomic E-state index is 0.0376. The lowest BCUT2D eigenvalue weighted by Crippen LogP contribution is -2.66. The van der Waals surface area contributed by atoms with Crippen LogP contribution in [0.25, 0.3) is 0 Å². The molecular formula is C32H33S+. The Bertz CT molecular complexity index is 1060. The summed E-state index contributed by atoms with van der Waals surface area (Å²) in [6.45, 7) is 0. The van der Waals surface area contributed by atoms with Gasteiger partial charge in [0.25, 0.3) is 0 Å². The molecule has 33 heavy (non-hydrogen) atoms. The highest BCUT2D eigenvalue weighted by molar-refractivity contribution is 7.97. The minimum atomic E-state index is -0.0376. The summed E-state index contributed by atoms with van der Waals surface area (Å²) in [7, 11) is -0.0376. The predicted molar refractivity (Wildman–Crippen MR) is 135 cm³/mol. The van der Waals surface area contributed by atoms with Crippen molar-refractivity contribution in [3.05, 3.63) is 90.5 Å². The summed E-state index contributed by atoms with van der Waals surface area (Å²) in [6.07, 6.45) is 9.24. The van der Waals surface area contributed by atoms with E-state index < -0.39 is 0 Å². The molecule has 7 aliphatic rings. The molecule has 3 aromatic carbocycles. The van der Waals surface area contributed by atoms with Crippen molar-refractivity contribution in [2.45, 2.75) is 58.6 Å². The Balaban J connectivity index is 1.16. The molecular weight excluding hydrogens is 416 g/mol. The van der Waals surface area contributed by atoms with E-state index in [4.69, 9.17) is 0 Å². The maximum atomic E-state index is 2.55. The second kappa shape index (κ2) is 7.01. The van der Waals surface area contributed by atoms with Gasteiger partial charge in [0.15, 0.2) is 14.7 Å². The van der Waals surface area contributed by atoms with Crippen LogP contribution in [0.3, 0.4) is 0 Å². The molecule has 0 atom stereocenters. The first-order valence-electron chi connectivity index (χ1n) is 13.2. The van der Waals surface area contributed by atoms with Gasteiger partial charge in [-0.25, -0.2) is 0 Å². The van der Waals surface area contributed by atoms with Crippen molar-refractivity contribution in [2.24, 2.45) is 41.4 Å². The monoisotopic (exact) mass is 449 g/mol. The van der Waals surface area contributed by atoms with Crippen LogP contribution in [0.5, 0.6) is 0 Å². The summed E-state index contributed by atoms with van der Waals surface area (Å²) in [5.74, 6) is 7.55. The number of benzene rings is 3. The van der Waals surface area contributed by atoms with Crippen LogP contribution >= 0.6 is 0 Å². The maximum Gasteiger partial charge on any atom is 0.166 e. The molecule has 0 heterocycles. The second-order valence-corrected chi connectivity index (χ2v) is 13.9. The average molecular weight is 450 g/mol. The van der Waals surface area contributed by atoms with E-state index in [1.807, 2.05) is 0 Å². The zero-order valence-corrected chi connectivity index (χ0v) is 20.1. The van der Waals surface area contributed by atoms with Gasteiger partial charge < -0.3 is 0 Å². The molecule has 7 saturated carbocycles. The smallest absolute Gasteiger partial charge is 0.0619 e. The lowest BCUT2D eigenvalue weighted by Gasteiger charge is -2.72. The van der Waals surface area contributed by atoms with Crippen molar-refractivity contribution in [3.8, 4) is 0 Å².